The average molecular weight is 258 g/mol. The number of hydrogen-bond donors (Lipinski definition) is 0. The smallest absolute Gasteiger partial charge is 0.149 e. The van der Waals surface area contributed by atoms with Crippen molar-refractivity contribution in [1.29, 1.82) is 0 Å². The number of aryl methyl sites for hydroxylation is 2. The molecule has 0 aliphatic rings. The topological polar surface area (TPSA) is 30.7 Å². The van der Waals surface area contributed by atoms with Crippen LogP contribution in [0, 0.1) is 18.6 Å². The second-order valence-corrected chi connectivity index (χ2v) is 4.02. The minimum absolute atomic E-state index is 0.0430. The minimum atomic E-state index is -0.536. The van der Waals surface area contributed by atoms with Crippen LogP contribution in [0.2, 0.25) is 0 Å². The Bertz CT molecular complexity index is 540. The standard InChI is InChI=1S/C11H10ClF2N3/c1-7-4-10(14)11(5-9(7)13)17-6-8(2-3-12)15-16-17/h4-6H,2-3H2,1H3. The van der Waals surface area contributed by atoms with Gasteiger partial charge in [-0.05, 0) is 18.6 Å². The molecule has 0 aliphatic carbocycles. The molecule has 0 saturated heterocycles. The second-order valence-electron chi connectivity index (χ2n) is 3.65. The first-order valence-corrected chi connectivity index (χ1v) is 5.58. The maximum atomic E-state index is 13.6. The third-order valence-corrected chi connectivity index (χ3v) is 2.56. The van der Waals surface area contributed by atoms with Gasteiger partial charge in [0.2, 0.25) is 0 Å². The van der Waals surface area contributed by atoms with Crippen molar-refractivity contribution in [3.8, 4) is 5.69 Å². The van der Waals surface area contributed by atoms with E-state index in [1.54, 1.807) is 0 Å². The van der Waals surface area contributed by atoms with Crippen molar-refractivity contribution in [1.82, 2.24) is 15.0 Å². The Morgan fingerprint density at radius 3 is 2.76 bits per heavy atom. The number of hydrogen-bond acceptors (Lipinski definition) is 2. The van der Waals surface area contributed by atoms with E-state index in [9.17, 15) is 8.78 Å². The number of rotatable bonds is 3. The van der Waals surface area contributed by atoms with Gasteiger partial charge in [-0.2, -0.15) is 0 Å². The Morgan fingerprint density at radius 1 is 1.29 bits per heavy atom. The quantitative estimate of drug-likeness (QED) is 0.792. The van der Waals surface area contributed by atoms with Crippen molar-refractivity contribution in [2.75, 3.05) is 5.88 Å². The van der Waals surface area contributed by atoms with Crippen LogP contribution in [0.1, 0.15) is 11.3 Å². The lowest BCUT2D eigenvalue weighted by Gasteiger charge is -2.04. The highest BCUT2D eigenvalue weighted by molar-refractivity contribution is 6.17. The fourth-order valence-corrected chi connectivity index (χ4v) is 1.63. The molecule has 6 heteroatoms. The zero-order valence-corrected chi connectivity index (χ0v) is 9.88. The molecular weight excluding hydrogens is 248 g/mol. The van der Waals surface area contributed by atoms with E-state index in [2.05, 4.69) is 10.3 Å². The van der Waals surface area contributed by atoms with Crippen molar-refractivity contribution < 1.29 is 8.78 Å². The van der Waals surface area contributed by atoms with Gasteiger partial charge in [0, 0.05) is 18.4 Å². The van der Waals surface area contributed by atoms with Gasteiger partial charge in [-0.1, -0.05) is 5.21 Å². The first-order valence-electron chi connectivity index (χ1n) is 5.05. The highest BCUT2D eigenvalue weighted by atomic mass is 35.5. The molecule has 1 aromatic carbocycles. The third-order valence-electron chi connectivity index (χ3n) is 2.37. The zero-order chi connectivity index (χ0) is 12.4. The molecule has 1 aromatic heterocycles. The molecule has 0 amide bonds. The highest BCUT2D eigenvalue weighted by Gasteiger charge is 2.11. The minimum Gasteiger partial charge on any atom is -0.217 e. The summed E-state index contributed by atoms with van der Waals surface area (Å²) in [5.41, 5.74) is 0.939. The molecule has 90 valence electrons. The number of nitrogens with zero attached hydrogens (tertiary/aromatic N) is 3. The van der Waals surface area contributed by atoms with Crippen LogP contribution in [0.5, 0.6) is 0 Å². The molecule has 0 spiro atoms. The second kappa shape index (κ2) is 4.79. The molecule has 0 fully saturated rings. The van der Waals surface area contributed by atoms with E-state index in [0.29, 0.717) is 18.0 Å². The van der Waals surface area contributed by atoms with Crippen molar-refractivity contribution in [3.63, 3.8) is 0 Å². The number of benzene rings is 1. The Balaban J connectivity index is 2.41. The summed E-state index contributed by atoms with van der Waals surface area (Å²) in [5, 5.41) is 7.55. The first-order chi connectivity index (χ1) is 8.11. The van der Waals surface area contributed by atoms with Crippen molar-refractivity contribution in [2.45, 2.75) is 13.3 Å². The van der Waals surface area contributed by atoms with Gasteiger partial charge in [0.05, 0.1) is 11.9 Å². The molecule has 2 aromatic rings. The Hall–Kier alpha value is -1.49. The SMILES string of the molecule is Cc1cc(F)c(-n2cc(CCCl)nn2)cc1F. The van der Waals surface area contributed by atoms with Crippen molar-refractivity contribution in [2.24, 2.45) is 0 Å². The van der Waals surface area contributed by atoms with Gasteiger partial charge < -0.3 is 0 Å². The fraction of sp³-hybridized carbons (Fsp3) is 0.273. The lowest BCUT2D eigenvalue weighted by molar-refractivity contribution is 0.578. The number of halogens is 3. The van der Waals surface area contributed by atoms with Gasteiger partial charge in [-0.25, -0.2) is 13.5 Å². The summed E-state index contributed by atoms with van der Waals surface area (Å²) in [7, 11) is 0. The van der Waals surface area contributed by atoms with Crippen LogP contribution in [-0.4, -0.2) is 20.9 Å². The normalized spacial score (nSPS) is 10.8. The van der Waals surface area contributed by atoms with E-state index in [0.717, 1.165) is 12.1 Å². The first kappa shape index (κ1) is 12.0. The van der Waals surface area contributed by atoms with Crippen LogP contribution in [0.15, 0.2) is 18.3 Å². The Morgan fingerprint density at radius 2 is 2.06 bits per heavy atom. The molecule has 0 unspecified atom stereocenters. The van der Waals surface area contributed by atoms with Crippen LogP contribution in [-0.2, 0) is 6.42 Å². The molecule has 0 atom stereocenters. The average Bonchev–Trinajstić information content (AvgIpc) is 2.72. The summed E-state index contributed by atoms with van der Waals surface area (Å²) < 4.78 is 28.2. The van der Waals surface area contributed by atoms with E-state index >= 15 is 0 Å². The van der Waals surface area contributed by atoms with E-state index in [1.165, 1.54) is 17.8 Å². The van der Waals surface area contributed by atoms with E-state index in [4.69, 9.17) is 11.6 Å². The molecular formula is C11H10ClF2N3. The summed E-state index contributed by atoms with van der Waals surface area (Å²) in [6, 6.07) is 2.23. The van der Waals surface area contributed by atoms with E-state index in [1.807, 2.05) is 0 Å². The van der Waals surface area contributed by atoms with Crippen LogP contribution in [0.3, 0.4) is 0 Å². The Kier molecular flexibility index (Phi) is 3.38. The van der Waals surface area contributed by atoms with Gasteiger partial charge in [0.25, 0.3) is 0 Å². The lowest BCUT2D eigenvalue weighted by atomic mass is 10.2. The maximum Gasteiger partial charge on any atom is 0.149 e. The highest BCUT2D eigenvalue weighted by Crippen LogP contribution is 2.17. The van der Waals surface area contributed by atoms with Gasteiger partial charge in [0.15, 0.2) is 0 Å². The molecule has 0 bridgehead atoms. The fourth-order valence-electron chi connectivity index (χ4n) is 1.44. The summed E-state index contributed by atoms with van der Waals surface area (Å²) in [5.74, 6) is -0.606. The number of alkyl halides is 1. The number of aromatic nitrogens is 3. The molecule has 0 saturated carbocycles. The van der Waals surface area contributed by atoms with Crippen molar-refractivity contribution in [3.05, 3.63) is 41.2 Å². The molecule has 17 heavy (non-hydrogen) atoms. The van der Waals surface area contributed by atoms with E-state index < -0.39 is 11.6 Å². The predicted octanol–water partition coefficient (Wildman–Crippen LogP) is 2.64. The third kappa shape index (κ3) is 2.44. The zero-order valence-electron chi connectivity index (χ0n) is 9.12. The van der Waals surface area contributed by atoms with Crippen molar-refractivity contribution >= 4 is 11.6 Å². The van der Waals surface area contributed by atoms with Gasteiger partial charge >= 0.3 is 0 Å². The lowest BCUT2D eigenvalue weighted by Crippen LogP contribution is -2.00. The molecule has 3 nitrogen and oxygen atoms in total. The molecule has 0 radical (unpaired) electrons. The summed E-state index contributed by atoms with van der Waals surface area (Å²) in [6.07, 6.45) is 2.08. The van der Waals surface area contributed by atoms with Gasteiger partial charge in [-0.3, -0.25) is 0 Å². The maximum absolute atomic E-state index is 13.6. The summed E-state index contributed by atoms with van der Waals surface area (Å²) >= 11 is 5.56. The largest absolute Gasteiger partial charge is 0.217 e. The van der Waals surface area contributed by atoms with Crippen LogP contribution < -0.4 is 0 Å². The van der Waals surface area contributed by atoms with E-state index in [-0.39, 0.29) is 11.3 Å². The van der Waals surface area contributed by atoms with Gasteiger partial charge in [-0.15, -0.1) is 16.7 Å². The summed E-state index contributed by atoms with van der Waals surface area (Å²) in [4.78, 5) is 0. The molecule has 0 aliphatic heterocycles. The summed E-state index contributed by atoms with van der Waals surface area (Å²) in [6.45, 7) is 1.50. The van der Waals surface area contributed by atoms with Crippen LogP contribution in [0.4, 0.5) is 8.78 Å². The van der Waals surface area contributed by atoms with Crippen LogP contribution >= 0.6 is 11.6 Å². The monoisotopic (exact) mass is 257 g/mol. The molecule has 0 N–H and O–H groups in total. The predicted molar refractivity (Wildman–Crippen MR) is 60.4 cm³/mol. The molecule has 2 rings (SSSR count). The Labute approximate surface area is 102 Å². The van der Waals surface area contributed by atoms with Gasteiger partial charge in [0.1, 0.15) is 17.3 Å². The molecule has 1 heterocycles. The van der Waals surface area contributed by atoms with Crippen LogP contribution in [0.25, 0.3) is 5.69 Å².